The van der Waals surface area contributed by atoms with E-state index in [4.69, 9.17) is 0 Å². The number of benzene rings is 1. The van der Waals surface area contributed by atoms with Crippen LogP contribution in [0.25, 0.3) is 11.3 Å². The highest BCUT2D eigenvalue weighted by Crippen LogP contribution is 2.33. The number of alkyl halides is 3. The first-order chi connectivity index (χ1) is 8.91. The maximum Gasteiger partial charge on any atom is 0.419 e. The molecule has 0 bridgehead atoms. The van der Waals surface area contributed by atoms with Crippen LogP contribution in [0.5, 0.6) is 0 Å². The first-order valence-corrected chi connectivity index (χ1v) is 5.28. The van der Waals surface area contributed by atoms with Crippen LogP contribution in [0.3, 0.4) is 0 Å². The Morgan fingerprint density at radius 2 is 1.89 bits per heavy atom. The molecule has 3 nitrogen and oxygen atoms in total. The van der Waals surface area contributed by atoms with Crippen molar-refractivity contribution in [2.75, 3.05) is 12.4 Å². The van der Waals surface area contributed by atoms with Crippen molar-refractivity contribution in [3.63, 3.8) is 0 Å². The maximum atomic E-state index is 13.4. The summed E-state index contributed by atoms with van der Waals surface area (Å²) in [4.78, 5) is 7.94. The summed E-state index contributed by atoms with van der Waals surface area (Å²) in [5, 5.41) is 2.74. The van der Waals surface area contributed by atoms with Crippen molar-refractivity contribution in [3.05, 3.63) is 42.0 Å². The van der Waals surface area contributed by atoms with Crippen LogP contribution in [0.4, 0.5) is 23.4 Å². The molecule has 0 aliphatic carbocycles. The molecule has 1 aromatic carbocycles. The molecule has 0 spiro atoms. The average molecular weight is 271 g/mol. The Hall–Kier alpha value is -2.18. The molecule has 0 fully saturated rings. The number of nitrogens with one attached hydrogen (secondary N) is 1. The molecule has 0 amide bonds. The third kappa shape index (κ3) is 2.81. The highest BCUT2D eigenvalue weighted by atomic mass is 19.4. The molecule has 0 atom stereocenters. The van der Waals surface area contributed by atoms with Crippen LogP contribution in [-0.2, 0) is 6.18 Å². The zero-order chi connectivity index (χ0) is 14.0. The highest BCUT2D eigenvalue weighted by Gasteiger charge is 2.33. The van der Waals surface area contributed by atoms with Gasteiger partial charge < -0.3 is 5.32 Å². The van der Waals surface area contributed by atoms with Gasteiger partial charge in [-0.25, -0.2) is 9.37 Å². The van der Waals surface area contributed by atoms with Crippen molar-refractivity contribution in [2.24, 2.45) is 0 Å². The van der Waals surface area contributed by atoms with E-state index in [0.29, 0.717) is 17.6 Å². The van der Waals surface area contributed by atoms with Crippen molar-refractivity contribution < 1.29 is 17.6 Å². The largest absolute Gasteiger partial charge is 0.419 e. The first kappa shape index (κ1) is 13.3. The molecule has 2 aromatic rings. The lowest BCUT2D eigenvalue weighted by Gasteiger charge is -2.09. The van der Waals surface area contributed by atoms with Gasteiger partial charge in [0.1, 0.15) is 11.6 Å². The molecular formula is C12H9F4N3. The molecule has 0 radical (unpaired) electrons. The van der Waals surface area contributed by atoms with Gasteiger partial charge in [-0.2, -0.15) is 13.2 Å². The smallest absolute Gasteiger partial charge is 0.372 e. The van der Waals surface area contributed by atoms with Crippen LogP contribution < -0.4 is 5.32 Å². The van der Waals surface area contributed by atoms with Gasteiger partial charge in [-0.05, 0) is 12.1 Å². The zero-order valence-corrected chi connectivity index (χ0v) is 9.79. The van der Waals surface area contributed by atoms with Gasteiger partial charge in [-0.15, -0.1) is 0 Å². The summed E-state index contributed by atoms with van der Waals surface area (Å²) in [7, 11) is 1.63. The maximum absolute atomic E-state index is 13.4. The fourth-order valence-electron chi connectivity index (χ4n) is 1.53. The normalized spacial score (nSPS) is 11.4. The van der Waals surface area contributed by atoms with E-state index in [9.17, 15) is 17.6 Å². The van der Waals surface area contributed by atoms with Crippen molar-refractivity contribution in [1.29, 1.82) is 0 Å². The molecule has 0 aliphatic rings. The predicted molar refractivity (Wildman–Crippen MR) is 62.0 cm³/mol. The third-order valence-electron chi connectivity index (χ3n) is 2.46. The van der Waals surface area contributed by atoms with Crippen LogP contribution in [0.15, 0.2) is 30.6 Å². The minimum Gasteiger partial charge on any atom is -0.372 e. The molecule has 1 heterocycles. The van der Waals surface area contributed by atoms with Gasteiger partial charge in [0.15, 0.2) is 0 Å². The van der Waals surface area contributed by atoms with Gasteiger partial charge >= 0.3 is 6.18 Å². The van der Waals surface area contributed by atoms with Crippen LogP contribution in [0.2, 0.25) is 0 Å². The summed E-state index contributed by atoms with van der Waals surface area (Å²) in [6.45, 7) is 0. The van der Waals surface area contributed by atoms with Gasteiger partial charge in [-0.1, -0.05) is 6.07 Å². The SMILES string of the molecule is CNc1cncc(-c2ccc(C(F)(F)F)c(F)c2)n1. The van der Waals surface area contributed by atoms with Crippen LogP contribution in [0, 0.1) is 5.82 Å². The Kier molecular flexibility index (Phi) is 3.37. The molecule has 1 aromatic heterocycles. The zero-order valence-electron chi connectivity index (χ0n) is 9.79. The second-order valence-electron chi connectivity index (χ2n) is 3.73. The van der Waals surface area contributed by atoms with Crippen molar-refractivity contribution >= 4 is 5.82 Å². The van der Waals surface area contributed by atoms with E-state index >= 15 is 0 Å². The molecule has 2 rings (SSSR count). The van der Waals surface area contributed by atoms with Gasteiger partial charge in [-0.3, -0.25) is 4.98 Å². The van der Waals surface area contributed by atoms with E-state index in [1.807, 2.05) is 0 Å². The number of nitrogens with zero attached hydrogens (tertiary/aromatic N) is 2. The molecule has 19 heavy (non-hydrogen) atoms. The lowest BCUT2D eigenvalue weighted by molar-refractivity contribution is -0.139. The Labute approximate surface area is 106 Å². The van der Waals surface area contributed by atoms with E-state index in [0.717, 1.165) is 12.1 Å². The molecule has 1 N–H and O–H groups in total. The van der Waals surface area contributed by atoms with Crippen molar-refractivity contribution in [2.45, 2.75) is 6.18 Å². The molecule has 0 saturated carbocycles. The van der Waals surface area contributed by atoms with Gasteiger partial charge in [0.2, 0.25) is 0 Å². The topological polar surface area (TPSA) is 37.8 Å². The predicted octanol–water partition coefficient (Wildman–Crippen LogP) is 3.34. The summed E-state index contributed by atoms with van der Waals surface area (Å²) in [5.74, 6) is -0.889. The lowest BCUT2D eigenvalue weighted by Crippen LogP contribution is -2.08. The number of hydrogen-bond acceptors (Lipinski definition) is 3. The fraction of sp³-hybridized carbons (Fsp3) is 0.167. The van der Waals surface area contributed by atoms with Crippen molar-refractivity contribution in [3.8, 4) is 11.3 Å². The van der Waals surface area contributed by atoms with Gasteiger partial charge in [0, 0.05) is 12.6 Å². The Balaban J connectivity index is 2.44. The number of rotatable bonds is 2. The first-order valence-electron chi connectivity index (χ1n) is 5.28. The number of halogens is 4. The van der Waals surface area contributed by atoms with Crippen LogP contribution in [0.1, 0.15) is 5.56 Å². The number of hydrogen-bond donors (Lipinski definition) is 1. The van der Waals surface area contributed by atoms with E-state index in [1.54, 1.807) is 7.05 Å². The Morgan fingerprint density at radius 1 is 1.16 bits per heavy atom. The quantitative estimate of drug-likeness (QED) is 0.851. The minimum absolute atomic E-state index is 0.232. The summed E-state index contributed by atoms with van der Waals surface area (Å²) in [6.07, 6.45) is -1.91. The van der Waals surface area contributed by atoms with Crippen LogP contribution in [-0.4, -0.2) is 17.0 Å². The fourth-order valence-corrected chi connectivity index (χ4v) is 1.53. The van der Waals surface area contributed by atoms with Gasteiger partial charge in [0.05, 0.1) is 23.7 Å². The second-order valence-corrected chi connectivity index (χ2v) is 3.73. The molecule has 0 saturated heterocycles. The Bertz CT molecular complexity index is 596. The molecule has 0 aliphatic heterocycles. The summed E-state index contributed by atoms with van der Waals surface area (Å²) < 4.78 is 50.7. The third-order valence-corrected chi connectivity index (χ3v) is 2.46. The number of anilines is 1. The standard InChI is InChI=1S/C12H9F4N3/c1-17-11-6-18-5-10(19-11)7-2-3-8(9(13)4-7)12(14,15)16/h2-6H,1H3,(H,17,19). The van der Waals surface area contributed by atoms with Crippen LogP contribution >= 0.6 is 0 Å². The molecule has 100 valence electrons. The molecule has 0 unspecified atom stereocenters. The Morgan fingerprint density at radius 3 is 2.47 bits per heavy atom. The monoisotopic (exact) mass is 271 g/mol. The minimum atomic E-state index is -4.71. The van der Waals surface area contributed by atoms with Crippen molar-refractivity contribution in [1.82, 2.24) is 9.97 Å². The van der Waals surface area contributed by atoms with E-state index in [-0.39, 0.29) is 5.56 Å². The van der Waals surface area contributed by atoms with E-state index < -0.39 is 17.6 Å². The summed E-state index contributed by atoms with van der Waals surface area (Å²) in [5.41, 5.74) is -0.774. The lowest BCUT2D eigenvalue weighted by atomic mass is 10.1. The van der Waals surface area contributed by atoms with Gasteiger partial charge in [0.25, 0.3) is 0 Å². The summed E-state index contributed by atoms with van der Waals surface area (Å²) >= 11 is 0. The highest BCUT2D eigenvalue weighted by molar-refractivity contribution is 5.60. The number of aromatic nitrogens is 2. The van der Waals surface area contributed by atoms with E-state index in [1.165, 1.54) is 12.4 Å². The molecular weight excluding hydrogens is 262 g/mol. The second kappa shape index (κ2) is 4.83. The average Bonchev–Trinajstić information content (AvgIpc) is 2.37. The summed E-state index contributed by atoms with van der Waals surface area (Å²) in [6, 6.07) is 2.65. The van der Waals surface area contributed by atoms with E-state index in [2.05, 4.69) is 15.3 Å². The molecule has 7 heteroatoms.